The van der Waals surface area contributed by atoms with Crippen LogP contribution in [0.3, 0.4) is 0 Å². The van der Waals surface area contributed by atoms with Crippen molar-refractivity contribution in [3.05, 3.63) is 57.9 Å². The zero-order chi connectivity index (χ0) is 21.6. The van der Waals surface area contributed by atoms with Gasteiger partial charge in [-0.1, -0.05) is 76.9 Å². The fourth-order valence-electron chi connectivity index (χ4n) is 3.38. The number of aromatic nitrogens is 1. The molecule has 1 heterocycles. The Hall–Kier alpha value is -2.13. The van der Waals surface area contributed by atoms with Gasteiger partial charge in [-0.25, -0.2) is 4.79 Å². The van der Waals surface area contributed by atoms with E-state index in [2.05, 4.69) is 46.8 Å². The summed E-state index contributed by atoms with van der Waals surface area (Å²) in [5.74, 6) is -0.0411. The number of allylic oxidation sites excluding steroid dienone is 1. The van der Waals surface area contributed by atoms with E-state index in [0.29, 0.717) is 17.2 Å². The van der Waals surface area contributed by atoms with Gasteiger partial charge in [-0.2, -0.15) is 0 Å². The average Bonchev–Trinajstić information content (AvgIpc) is 2.67. The van der Waals surface area contributed by atoms with Crippen molar-refractivity contribution in [1.29, 1.82) is 0 Å². The standard InChI is InChI=1S/C25H32ClNO2/c1-7-9-10-14-20-21(18-12-11-13-19(26)15-18)22(25(28)29-8-2)24(17(5)6)27-23(20)16(3)4/h10-17H,7-9H2,1-6H3. The third kappa shape index (κ3) is 5.48. The van der Waals surface area contributed by atoms with Crippen molar-refractivity contribution in [3.63, 3.8) is 0 Å². The first-order valence-electron chi connectivity index (χ1n) is 10.5. The molecule has 0 radical (unpaired) electrons. The van der Waals surface area contributed by atoms with E-state index in [-0.39, 0.29) is 17.8 Å². The predicted octanol–water partition coefficient (Wildman–Crippen LogP) is 7.64. The molecule has 0 aliphatic carbocycles. The minimum absolute atomic E-state index is 0.0820. The highest BCUT2D eigenvalue weighted by atomic mass is 35.5. The predicted molar refractivity (Wildman–Crippen MR) is 123 cm³/mol. The lowest BCUT2D eigenvalue weighted by Crippen LogP contribution is -2.16. The molecule has 4 heteroatoms. The molecule has 0 fully saturated rings. The van der Waals surface area contributed by atoms with Crippen LogP contribution in [0.4, 0.5) is 0 Å². The summed E-state index contributed by atoms with van der Waals surface area (Å²) in [7, 11) is 0. The van der Waals surface area contributed by atoms with Crippen LogP contribution >= 0.6 is 11.6 Å². The molecule has 0 saturated carbocycles. The summed E-state index contributed by atoms with van der Waals surface area (Å²) in [6, 6.07) is 7.66. The first-order valence-corrected chi connectivity index (χ1v) is 10.9. The Kier molecular flexibility index (Phi) is 8.45. The molecule has 0 atom stereocenters. The van der Waals surface area contributed by atoms with Crippen molar-refractivity contribution in [2.75, 3.05) is 6.61 Å². The Labute approximate surface area is 180 Å². The minimum atomic E-state index is -0.334. The SMILES string of the molecule is CCCC=Cc1c(C(C)C)nc(C(C)C)c(C(=O)OCC)c1-c1cccc(Cl)c1. The molecule has 0 bridgehead atoms. The Bertz CT molecular complexity index is 885. The summed E-state index contributed by atoms with van der Waals surface area (Å²) in [5, 5.41) is 0.634. The number of unbranched alkanes of at least 4 members (excludes halogenated alkanes) is 1. The first-order chi connectivity index (χ1) is 13.8. The molecule has 0 saturated heterocycles. The van der Waals surface area contributed by atoms with E-state index < -0.39 is 0 Å². The summed E-state index contributed by atoms with van der Waals surface area (Å²) >= 11 is 6.32. The maximum Gasteiger partial charge on any atom is 0.340 e. The van der Waals surface area contributed by atoms with E-state index in [1.165, 1.54) is 0 Å². The van der Waals surface area contributed by atoms with Gasteiger partial charge in [-0.15, -0.1) is 0 Å². The van der Waals surface area contributed by atoms with Crippen molar-refractivity contribution in [3.8, 4) is 11.1 Å². The number of carbonyl (C=O) groups is 1. The van der Waals surface area contributed by atoms with Crippen LogP contribution in [-0.4, -0.2) is 17.6 Å². The van der Waals surface area contributed by atoms with Crippen LogP contribution in [0.15, 0.2) is 30.3 Å². The molecule has 0 aliphatic heterocycles. The molecule has 29 heavy (non-hydrogen) atoms. The second kappa shape index (κ2) is 10.6. The number of halogens is 1. The lowest BCUT2D eigenvalue weighted by Gasteiger charge is -2.23. The molecular weight excluding hydrogens is 382 g/mol. The second-order valence-corrected chi connectivity index (χ2v) is 8.21. The van der Waals surface area contributed by atoms with Crippen LogP contribution in [-0.2, 0) is 4.74 Å². The number of hydrogen-bond donors (Lipinski definition) is 0. The van der Waals surface area contributed by atoms with Gasteiger partial charge in [0.05, 0.1) is 23.6 Å². The quantitative estimate of drug-likeness (QED) is 0.417. The maximum atomic E-state index is 13.1. The van der Waals surface area contributed by atoms with Crippen LogP contribution in [0.2, 0.25) is 5.02 Å². The fraction of sp³-hybridized carbons (Fsp3) is 0.440. The Balaban J connectivity index is 2.99. The minimum Gasteiger partial charge on any atom is -0.462 e. The molecule has 0 aliphatic rings. The highest BCUT2D eigenvalue weighted by Crippen LogP contribution is 2.38. The second-order valence-electron chi connectivity index (χ2n) is 7.78. The fourth-order valence-corrected chi connectivity index (χ4v) is 3.58. The largest absolute Gasteiger partial charge is 0.462 e. The number of ether oxygens (including phenoxy) is 1. The van der Waals surface area contributed by atoms with E-state index in [9.17, 15) is 4.79 Å². The van der Waals surface area contributed by atoms with E-state index in [4.69, 9.17) is 21.3 Å². The van der Waals surface area contributed by atoms with E-state index in [1.54, 1.807) is 0 Å². The molecule has 0 amide bonds. The Morgan fingerprint density at radius 3 is 2.38 bits per heavy atom. The molecular formula is C25H32ClNO2. The van der Waals surface area contributed by atoms with Crippen LogP contribution < -0.4 is 0 Å². The highest BCUT2D eigenvalue weighted by molar-refractivity contribution is 6.30. The van der Waals surface area contributed by atoms with Gasteiger partial charge in [0, 0.05) is 16.1 Å². The van der Waals surface area contributed by atoms with Gasteiger partial charge in [-0.05, 0) is 42.9 Å². The van der Waals surface area contributed by atoms with Gasteiger partial charge in [0.25, 0.3) is 0 Å². The summed E-state index contributed by atoms with van der Waals surface area (Å²) in [4.78, 5) is 18.1. The van der Waals surface area contributed by atoms with Crippen molar-refractivity contribution in [1.82, 2.24) is 4.98 Å². The summed E-state index contributed by atoms with van der Waals surface area (Å²) < 4.78 is 5.46. The molecule has 1 aromatic carbocycles. The summed E-state index contributed by atoms with van der Waals surface area (Å²) in [6.07, 6.45) is 6.28. The number of nitrogens with zero attached hydrogens (tertiary/aromatic N) is 1. The third-order valence-corrected chi connectivity index (χ3v) is 4.95. The van der Waals surface area contributed by atoms with Crippen LogP contribution in [0.25, 0.3) is 17.2 Å². The third-order valence-electron chi connectivity index (χ3n) is 4.72. The molecule has 0 spiro atoms. The number of pyridine rings is 1. The molecule has 0 N–H and O–H groups in total. The Morgan fingerprint density at radius 2 is 1.83 bits per heavy atom. The van der Waals surface area contributed by atoms with Crippen molar-refractivity contribution in [2.45, 2.75) is 66.2 Å². The van der Waals surface area contributed by atoms with Crippen LogP contribution in [0, 0.1) is 0 Å². The molecule has 0 unspecified atom stereocenters. The van der Waals surface area contributed by atoms with Gasteiger partial charge in [0.1, 0.15) is 0 Å². The van der Waals surface area contributed by atoms with Gasteiger partial charge >= 0.3 is 5.97 Å². The molecule has 1 aromatic heterocycles. The van der Waals surface area contributed by atoms with Gasteiger partial charge in [0.2, 0.25) is 0 Å². The summed E-state index contributed by atoms with van der Waals surface area (Å²) in [5.41, 5.74) is 5.05. The summed E-state index contributed by atoms with van der Waals surface area (Å²) in [6.45, 7) is 12.7. The topological polar surface area (TPSA) is 39.2 Å². The number of esters is 1. The monoisotopic (exact) mass is 413 g/mol. The molecule has 3 nitrogen and oxygen atoms in total. The molecule has 2 rings (SSSR count). The zero-order valence-electron chi connectivity index (χ0n) is 18.4. The van der Waals surface area contributed by atoms with Gasteiger partial charge in [0.15, 0.2) is 0 Å². The van der Waals surface area contributed by atoms with Crippen molar-refractivity contribution < 1.29 is 9.53 Å². The molecule has 2 aromatic rings. The number of hydrogen-bond acceptors (Lipinski definition) is 3. The first kappa shape index (κ1) is 23.2. The normalized spacial score (nSPS) is 11.6. The number of carbonyl (C=O) groups excluding carboxylic acids is 1. The van der Waals surface area contributed by atoms with Crippen LogP contribution in [0.5, 0.6) is 0 Å². The lowest BCUT2D eigenvalue weighted by atomic mass is 9.87. The maximum absolute atomic E-state index is 13.1. The number of rotatable bonds is 8. The highest BCUT2D eigenvalue weighted by Gasteiger charge is 2.27. The van der Waals surface area contributed by atoms with E-state index in [1.807, 2.05) is 31.2 Å². The van der Waals surface area contributed by atoms with Gasteiger partial charge < -0.3 is 4.74 Å². The van der Waals surface area contributed by atoms with Gasteiger partial charge in [-0.3, -0.25) is 4.98 Å². The smallest absolute Gasteiger partial charge is 0.340 e. The zero-order valence-corrected chi connectivity index (χ0v) is 19.1. The number of benzene rings is 1. The Morgan fingerprint density at radius 1 is 1.14 bits per heavy atom. The van der Waals surface area contributed by atoms with Crippen molar-refractivity contribution in [2.24, 2.45) is 0 Å². The average molecular weight is 414 g/mol. The molecule has 156 valence electrons. The van der Waals surface area contributed by atoms with Crippen molar-refractivity contribution >= 4 is 23.6 Å². The van der Waals surface area contributed by atoms with Crippen LogP contribution in [0.1, 0.15) is 93.5 Å². The van der Waals surface area contributed by atoms with E-state index in [0.717, 1.165) is 40.9 Å². The van der Waals surface area contributed by atoms with E-state index >= 15 is 0 Å². The lowest BCUT2D eigenvalue weighted by molar-refractivity contribution is 0.0525.